The number of rotatable bonds is 0. The quantitative estimate of drug-likeness (QED) is 0.333. The Morgan fingerprint density at radius 3 is 2.62 bits per heavy atom. The van der Waals surface area contributed by atoms with E-state index in [-0.39, 0.29) is 0 Å². The van der Waals surface area contributed by atoms with Crippen molar-refractivity contribution in [1.82, 2.24) is 0 Å². The van der Waals surface area contributed by atoms with Crippen LogP contribution in [0.15, 0.2) is 72.8 Å². The van der Waals surface area contributed by atoms with Crippen molar-refractivity contribution in [3.63, 3.8) is 0 Å². The molecule has 0 radical (unpaired) electrons. The summed E-state index contributed by atoms with van der Waals surface area (Å²) >= 11 is 0. The molecule has 112 valence electrons. The van der Waals surface area contributed by atoms with Crippen LogP contribution in [0, 0.1) is 0 Å². The maximum absolute atomic E-state index is 2.41. The van der Waals surface area contributed by atoms with E-state index in [4.69, 9.17) is 0 Å². The summed E-state index contributed by atoms with van der Waals surface area (Å²) in [7, 11) is 0. The molecule has 1 atom stereocenters. The minimum Gasteiger partial charge on any atom is -0.0760 e. The van der Waals surface area contributed by atoms with Crippen molar-refractivity contribution in [1.29, 1.82) is 0 Å². The van der Waals surface area contributed by atoms with Gasteiger partial charge in [0.05, 0.1) is 0 Å². The molecule has 1 unspecified atom stereocenters. The van der Waals surface area contributed by atoms with Crippen LogP contribution in [0.1, 0.15) is 22.6 Å². The van der Waals surface area contributed by atoms with Gasteiger partial charge >= 0.3 is 0 Å². The SMILES string of the molecule is C1=CC2Cc3ccccc3-c3ccc4c(c1cc1ccccc14)c32. The van der Waals surface area contributed by atoms with Crippen molar-refractivity contribution in [3.05, 3.63) is 89.5 Å². The maximum Gasteiger partial charge on any atom is 0.00744 e. The molecule has 0 fully saturated rings. The summed E-state index contributed by atoms with van der Waals surface area (Å²) in [4.78, 5) is 0. The van der Waals surface area contributed by atoms with E-state index in [1.807, 2.05) is 0 Å². The Hall–Kier alpha value is -2.86. The number of fused-ring (bicyclic) bond motifs is 4. The van der Waals surface area contributed by atoms with Crippen molar-refractivity contribution in [2.75, 3.05) is 0 Å². The molecule has 0 saturated carbocycles. The summed E-state index contributed by atoms with van der Waals surface area (Å²) in [6.07, 6.45) is 5.86. The molecule has 0 heterocycles. The zero-order chi connectivity index (χ0) is 15.7. The summed E-state index contributed by atoms with van der Waals surface area (Å²) in [6, 6.07) is 24.7. The standard InChI is InChI=1S/C24H16/c1-3-7-19-15(5-1)13-17-9-10-18-14-16-6-2-4-8-20(16)22-12-11-21(19)23(17)24(18)22/h1-13,18H,14H2. The summed E-state index contributed by atoms with van der Waals surface area (Å²) in [5.41, 5.74) is 7.23. The van der Waals surface area contributed by atoms with Gasteiger partial charge in [0.2, 0.25) is 0 Å². The van der Waals surface area contributed by atoms with Crippen molar-refractivity contribution in [2.24, 2.45) is 0 Å². The second kappa shape index (κ2) is 4.36. The molecule has 24 heavy (non-hydrogen) atoms. The van der Waals surface area contributed by atoms with Crippen molar-refractivity contribution in [3.8, 4) is 11.1 Å². The van der Waals surface area contributed by atoms with Gasteiger partial charge in [-0.3, -0.25) is 0 Å². The Balaban J connectivity index is 1.84. The lowest BCUT2D eigenvalue weighted by Crippen LogP contribution is -2.12. The van der Waals surface area contributed by atoms with Crippen LogP contribution in [-0.2, 0) is 6.42 Å². The lowest BCUT2D eigenvalue weighted by Gasteiger charge is -2.30. The molecule has 0 nitrogen and oxygen atoms in total. The number of allylic oxidation sites excluding steroid dienone is 1. The molecule has 0 saturated heterocycles. The Morgan fingerprint density at radius 1 is 0.750 bits per heavy atom. The number of hydrogen-bond donors (Lipinski definition) is 0. The van der Waals surface area contributed by atoms with E-state index in [0.29, 0.717) is 5.92 Å². The maximum atomic E-state index is 2.41. The van der Waals surface area contributed by atoms with Crippen molar-refractivity contribution < 1.29 is 0 Å². The third kappa shape index (κ3) is 1.48. The first-order valence-corrected chi connectivity index (χ1v) is 8.65. The van der Waals surface area contributed by atoms with Gasteiger partial charge in [-0.1, -0.05) is 72.8 Å². The van der Waals surface area contributed by atoms with E-state index < -0.39 is 0 Å². The zero-order valence-electron chi connectivity index (χ0n) is 13.3. The van der Waals surface area contributed by atoms with Gasteiger partial charge in [-0.05, 0) is 61.8 Å². The predicted octanol–water partition coefficient (Wildman–Crippen LogP) is 6.33. The highest BCUT2D eigenvalue weighted by Gasteiger charge is 2.28. The Morgan fingerprint density at radius 2 is 1.62 bits per heavy atom. The number of benzene rings is 4. The van der Waals surface area contributed by atoms with Crippen LogP contribution in [-0.4, -0.2) is 0 Å². The summed E-state index contributed by atoms with van der Waals surface area (Å²) in [5.74, 6) is 0.507. The second-order valence-electron chi connectivity index (χ2n) is 6.96. The van der Waals surface area contributed by atoms with E-state index >= 15 is 0 Å². The molecule has 0 aliphatic heterocycles. The van der Waals surface area contributed by atoms with Crippen molar-refractivity contribution >= 4 is 27.6 Å². The average Bonchev–Trinajstić information content (AvgIpc) is 2.65. The minimum absolute atomic E-state index is 0.507. The average molecular weight is 304 g/mol. The summed E-state index contributed by atoms with van der Waals surface area (Å²) in [6.45, 7) is 0. The van der Waals surface area contributed by atoms with Gasteiger partial charge in [0.1, 0.15) is 0 Å². The molecule has 0 heteroatoms. The zero-order valence-corrected chi connectivity index (χ0v) is 13.3. The van der Waals surface area contributed by atoms with Crippen LogP contribution < -0.4 is 0 Å². The fraction of sp³-hybridized carbons (Fsp3) is 0.0833. The van der Waals surface area contributed by atoms with Gasteiger partial charge < -0.3 is 0 Å². The van der Waals surface area contributed by atoms with Crippen LogP contribution in [0.2, 0.25) is 0 Å². The molecule has 0 aromatic heterocycles. The van der Waals surface area contributed by atoms with Crippen LogP contribution >= 0.6 is 0 Å². The van der Waals surface area contributed by atoms with Crippen LogP contribution in [0.4, 0.5) is 0 Å². The van der Waals surface area contributed by atoms with E-state index in [2.05, 4.69) is 78.9 Å². The normalized spacial score (nSPS) is 17.2. The molecular formula is C24H16. The highest BCUT2D eigenvalue weighted by atomic mass is 14.3. The van der Waals surface area contributed by atoms with Crippen LogP contribution in [0.5, 0.6) is 0 Å². The van der Waals surface area contributed by atoms with Gasteiger partial charge in [0.15, 0.2) is 0 Å². The molecule has 4 aromatic rings. The molecule has 0 bridgehead atoms. The molecule has 2 aliphatic carbocycles. The minimum atomic E-state index is 0.507. The first-order chi connectivity index (χ1) is 11.9. The topological polar surface area (TPSA) is 0 Å². The highest BCUT2D eigenvalue weighted by molar-refractivity contribution is 6.14. The first-order valence-electron chi connectivity index (χ1n) is 8.65. The van der Waals surface area contributed by atoms with Crippen LogP contribution in [0.25, 0.3) is 38.7 Å². The molecule has 0 spiro atoms. The Kier molecular flexibility index (Phi) is 2.28. The lowest BCUT2D eigenvalue weighted by atomic mass is 9.73. The van der Waals surface area contributed by atoms with Gasteiger partial charge in [-0.2, -0.15) is 0 Å². The van der Waals surface area contributed by atoms with E-state index in [9.17, 15) is 0 Å². The monoisotopic (exact) mass is 304 g/mol. The lowest BCUT2D eigenvalue weighted by molar-refractivity contribution is 0.831. The van der Waals surface area contributed by atoms with Gasteiger partial charge in [0.25, 0.3) is 0 Å². The summed E-state index contributed by atoms with van der Waals surface area (Å²) < 4.78 is 0. The van der Waals surface area contributed by atoms with Crippen LogP contribution in [0.3, 0.4) is 0 Å². The smallest absolute Gasteiger partial charge is 0.00744 e. The Bertz CT molecular complexity index is 1180. The fourth-order valence-electron chi connectivity index (χ4n) is 4.70. The van der Waals surface area contributed by atoms with E-state index in [0.717, 1.165) is 6.42 Å². The van der Waals surface area contributed by atoms with E-state index in [1.165, 1.54) is 49.4 Å². The predicted molar refractivity (Wildman–Crippen MR) is 102 cm³/mol. The van der Waals surface area contributed by atoms with E-state index in [1.54, 1.807) is 0 Å². The molecule has 4 aromatic carbocycles. The van der Waals surface area contributed by atoms with Gasteiger partial charge in [-0.25, -0.2) is 0 Å². The molecule has 6 rings (SSSR count). The number of hydrogen-bond acceptors (Lipinski definition) is 0. The largest absolute Gasteiger partial charge is 0.0760 e. The fourth-order valence-corrected chi connectivity index (χ4v) is 4.70. The molecule has 0 amide bonds. The van der Waals surface area contributed by atoms with Gasteiger partial charge in [0, 0.05) is 5.92 Å². The third-order valence-electron chi connectivity index (χ3n) is 5.72. The summed E-state index contributed by atoms with van der Waals surface area (Å²) in [5, 5.41) is 5.56. The second-order valence-corrected chi connectivity index (χ2v) is 6.96. The van der Waals surface area contributed by atoms with Crippen molar-refractivity contribution in [2.45, 2.75) is 12.3 Å². The Labute approximate surface area is 141 Å². The first kappa shape index (κ1) is 12.5. The third-order valence-corrected chi connectivity index (χ3v) is 5.72. The highest BCUT2D eigenvalue weighted by Crippen LogP contribution is 2.48. The molecular weight excluding hydrogens is 288 g/mol. The molecule has 2 aliphatic rings. The molecule has 0 N–H and O–H groups in total. The van der Waals surface area contributed by atoms with Gasteiger partial charge in [-0.15, -0.1) is 0 Å².